The number of aliphatic carboxylic acids is 1. The summed E-state index contributed by atoms with van der Waals surface area (Å²) in [6.07, 6.45) is -0.590. The van der Waals surface area contributed by atoms with Gasteiger partial charge >= 0.3 is 5.97 Å². The van der Waals surface area contributed by atoms with Crippen LogP contribution >= 0.6 is 0 Å². The van der Waals surface area contributed by atoms with Gasteiger partial charge in [-0.1, -0.05) is 24.3 Å². The highest BCUT2D eigenvalue weighted by molar-refractivity contribution is 5.78. The van der Waals surface area contributed by atoms with Gasteiger partial charge in [-0.2, -0.15) is 0 Å². The van der Waals surface area contributed by atoms with Crippen molar-refractivity contribution in [2.75, 3.05) is 44.4 Å². The molecule has 0 bridgehead atoms. The summed E-state index contributed by atoms with van der Waals surface area (Å²) in [4.78, 5) is 31.4. The maximum atomic E-state index is 13.2. The number of benzene rings is 2. The molecule has 1 aliphatic rings. The normalized spacial score (nSPS) is 14.8. The standard InChI is InChI=1S/C25H29N3O6/c1-2-33-22(24(30)31)17-18-7-9-19(10-8-18)34-16-13-28-23(29)20-5-3-4-6-21(20)26-25(28)27-11-14-32-15-12-27/h3-10,22H,2,11-17H2,1H3,(H,30,31). The Balaban J connectivity index is 1.46. The van der Waals surface area contributed by atoms with Gasteiger partial charge in [-0.15, -0.1) is 0 Å². The monoisotopic (exact) mass is 467 g/mol. The summed E-state index contributed by atoms with van der Waals surface area (Å²) in [6.45, 7) is 5.28. The van der Waals surface area contributed by atoms with Crippen LogP contribution in [0.1, 0.15) is 12.5 Å². The van der Waals surface area contributed by atoms with Crippen LogP contribution in [0.15, 0.2) is 53.3 Å². The van der Waals surface area contributed by atoms with Gasteiger partial charge in [0.05, 0.1) is 30.7 Å². The number of rotatable bonds is 10. The van der Waals surface area contributed by atoms with E-state index in [2.05, 4.69) is 4.90 Å². The van der Waals surface area contributed by atoms with Crippen molar-refractivity contribution in [1.82, 2.24) is 9.55 Å². The second-order valence-electron chi connectivity index (χ2n) is 7.96. The maximum Gasteiger partial charge on any atom is 0.333 e. The molecular formula is C25H29N3O6. The van der Waals surface area contributed by atoms with Crippen molar-refractivity contribution in [3.05, 3.63) is 64.4 Å². The van der Waals surface area contributed by atoms with Crippen molar-refractivity contribution < 1.29 is 24.1 Å². The fourth-order valence-corrected chi connectivity index (χ4v) is 3.97. The minimum Gasteiger partial charge on any atom is -0.492 e. The summed E-state index contributed by atoms with van der Waals surface area (Å²) in [6, 6.07) is 14.6. The average molecular weight is 468 g/mol. The SMILES string of the molecule is CCOC(Cc1ccc(OCCn2c(N3CCOCC3)nc3ccccc3c2=O)cc1)C(=O)O. The summed E-state index contributed by atoms with van der Waals surface area (Å²) >= 11 is 0. The number of hydrogen-bond acceptors (Lipinski definition) is 7. The number of fused-ring (bicyclic) bond motifs is 1. The van der Waals surface area contributed by atoms with E-state index in [0.29, 0.717) is 62.1 Å². The molecule has 0 aliphatic carbocycles. The van der Waals surface area contributed by atoms with Crippen LogP contribution in [-0.4, -0.2) is 66.2 Å². The van der Waals surface area contributed by atoms with Crippen LogP contribution < -0.4 is 15.2 Å². The summed E-state index contributed by atoms with van der Waals surface area (Å²) in [5, 5.41) is 9.83. The Morgan fingerprint density at radius 1 is 1.15 bits per heavy atom. The lowest BCUT2D eigenvalue weighted by molar-refractivity contribution is -0.149. The maximum absolute atomic E-state index is 13.2. The third kappa shape index (κ3) is 5.55. The van der Waals surface area contributed by atoms with Gasteiger partial charge in [0.1, 0.15) is 12.4 Å². The van der Waals surface area contributed by atoms with Gasteiger partial charge in [-0.05, 0) is 36.8 Å². The minimum absolute atomic E-state index is 0.0957. The molecule has 3 aromatic rings. The van der Waals surface area contributed by atoms with Gasteiger partial charge < -0.3 is 24.2 Å². The van der Waals surface area contributed by atoms with Crippen molar-refractivity contribution in [3.8, 4) is 5.75 Å². The number of carboxylic acids is 1. The first-order chi connectivity index (χ1) is 16.6. The Hall–Kier alpha value is -3.43. The van der Waals surface area contributed by atoms with E-state index in [0.717, 1.165) is 5.56 Å². The number of anilines is 1. The molecule has 180 valence electrons. The van der Waals surface area contributed by atoms with Crippen LogP contribution in [0.5, 0.6) is 5.75 Å². The summed E-state index contributed by atoms with van der Waals surface area (Å²) < 4.78 is 18.3. The predicted octanol–water partition coefficient (Wildman–Crippen LogP) is 2.34. The zero-order chi connectivity index (χ0) is 23.9. The number of ether oxygens (including phenoxy) is 3. The highest BCUT2D eigenvalue weighted by Gasteiger charge is 2.20. The average Bonchev–Trinajstić information content (AvgIpc) is 2.86. The molecule has 1 aromatic heterocycles. The molecule has 1 unspecified atom stereocenters. The van der Waals surface area contributed by atoms with Crippen LogP contribution in [0.3, 0.4) is 0 Å². The van der Waals surface area contributed by atoms with Gasteiger partial charge in [0, 0.05) is 26.1 Å². The molecule has 4 rings (SSSR count). The smallest absolute Gasteiger partial charge is 0.333 e. The fourth-order valence-electron chi connectivity index (χ4n) is 3.97. The number of hydrogen-bond donors (Lipinski definition) is 1. The van der Waals surface area contributed by atoms with E-state index in [9.17, 15) is 14.7 Å². The number of nitrogens with zero attached hydrogens (tertiary/aromatic N) is 3. The molecule has 1 saturated heterocycles. The first-order valence-electron chi connectivity index (χ1n) is 11.4. The van der Waals surface area contributed by atoms with Crippen LogP contribution in [0.2, 0.25) is 0 Å². The second-order valence-corrected chi connectivity index (χ2v) is 7.96. The van der Waals surface area contributed by atoms with Crippen molar-refractivity contribution in [2.45, 2.75) is 26.0 Å². The first-order valence-corrected chi connectivity index (χ1v) is 11.4. The highest BCUT2D eigenvalue weighted by atomic mass is 16.5. The summed E-state index contributed by atoms with van der Waals surface area (Å²) in [7, 11) is 0. The molecule has 34 heavy (non-hydrogen) atoms. The third-order valence-electron chi connectivity index (χ3n) is 5.71. The Morgan fingerprint density at radius 3 is 2.59 bits per heavy atom. The van der Waals surface area contributed by atoms with E-state index in [1.165, 1.54) is 0 Å². The second kappa shape index (κ2) is 11.1. The van der Waals surface area contributed by atoms with Gasteiger partial charge in [0.15, 0.2) is 6.10 Å². The van der Waals surface area contributed by atoms with E-state index in [1.807, 2.05) is 30.3 Å². The Labute approximate surface area is 197 Å². The number of carboxylic acid groups (broad SMARTS) is 1. The number of para-hydroxylation sites is 1. The fraction of sp³-hybridized carbons (Fsp3) is 0.400. The molecule has 0 radical (unpaired) electrons. The van der Waals surface area contributed by atoms with Crippen molar-refractivity contribution in [3.63, 3.8) is 0 Å². The van der Waals surface area contributed by atoms with Crippen LogP contribution in [-0.2, 0) is 27.2 Å². The van der Waals surface area contributed by atoms with Crippen molar-refractivity contribution >= 4 is 22.8 Å². The highest BCUT2D eigenvalue weighted by Crippen LogP contribution is 2.18. The van der Waals surface area contributed by atoms with E-state index in [4.69, 9.17) is 19.2 Å². The Morgan fingerprint density at radius 2 is 1.88 bits per heavy atom. The Bertz CT molecular complexity index is 1170. The van der Waals surface area contributed by atoms with E-state index in [1.54, 1.807) is 29.7 Å². The summed E-state index contributed by atoms with van der Waals surface area (Å²) in [5.41, 5.74) is 1.42. The molecule has 2 heterocycles. The van der Waals surface area contributed by atoms with Crippen molar-refractivity contribution in [1.29, 1.82) is 0 Å². The molecule has 0 amide bonds. The Kier molecular flexibility index (Phi) is 7.76. The third-order valence-corrected chi connectivity index (χ3v) is 5.71. The van der Waals surface area contributed by atoms with Gasteiger partial charge in [-0.25, -0.2) is 9.78 Å². The van der Waals surface area contributed by atoms with Gasteiger partial charge in [0.25, 0.3) is 5.56 Å². The van der Waals surface area contributed by atoms with Crippen molar-refractivity contribution in [2.24, 2.45) is 0 Å². The van der Waals surface area contributed by atoms with E-state index < -0.39 is 12.1 Å². The molecule has 1 fully saturated rings. The molecule has 2 aromatic carbocycles. The number of carbonyl (C=O) groups is 1. The topological polar surface area (TPSA) is 103 Å². The van der Waals surface area contributed by atoms with Gasteiger partial charge in [0.2, 0.25) is 5.95 Å². The largest absolute Gasteiger partial charge is 0.492 e. The first kappa shape index (κ1) is 23.7. The molecule has 0 spiro atoms. The lowest BCUT2D eigenvalue weighted by Gasteiger charge is -2.29. The predicted molar refractivity (Wildman–Crippen MR) is 128 cm³/mol. The van der Waals surface area contributed by atoms with E-state index in [-0.39, 0.29) is 18.6 Å². The quantitative estimate of drug-likeness (QED) is 0.485. The lowest BCUT2D eigenvalue weighted by atomic mass is 10.1. The molecule has 9 heteroatoms. The molecule has 1 atom stereocenters. The zero-order valence-electron chi connectivity index (χ0n) is 19.2. The number of morpholine rings is 1. The number of aromatic nitrogens is 2. The van der Waals surface area contributed by atoms with Crippen LogP contribution in [0.4, 0.5) is 5.95 Å². The lowest BCUT2D eigenvalue weighted by Crippen LogP contribution is -2.41. The molecule has 9 nitrogen and oxygen atoms in total. The van der Waals surface area contributed by atoms with Crippen LogP contribution in [0.25, 0.3) is 10.9 Å². The molecule has 1 aliphatic heterocycles. The molecular weight excluding hydrogens is 438 g/mol. The molecule has 0 saturated carbocycles. The van der Waals surface area contributed by atoms with Gasteiger partial charge in [-0.3, -0.25) is 9.36 Å². The zero-order valence-corrected chi connectivity index (χ0v) is 19.2. The van der Waals surface area contributed by atoms with Crippen LogP contribution in [0, 0.1) is 0 Å². The van der Waals surface area contributed by atoms with E-state index >= 15 is 0 Å². The summed E-state index contributed by atoms with van der Waals surface area (Å²) in [5.74, 6) is 0.288. The molecule has 1 N–H and O–H groups in total. The minimum atomic E-state index is -0.979.